The molecule has 0 saturated heterocycles. The number of carbonyl (C=O) groups is 3. The van der Waals surface area contributed by atoms with Crippen molar-refractivity contribution >= 4 is 17.8 Å². The lowest BCUT2D eigenvalue weighted by Gasteiger charge is -2.16. The topological polar surface area (TPSA) is 82.1 Å². The van der Waals surface area contributed by atoms with Crippen molar-refractivity contribution < 1.29 is 28.6 Å². The number of fused-ring (bicyclic) bond motifs is 1. The van der Waals surface area contributed by atoms with E-state index in [1.165, 1.54) is 7.11 Å². The lowest BCUT2D eigenvalue weighted by Crippen LogP contribution is -2.29. The van der Waals surface area contributed by atoms with Gasteiger partial charge in [-0.1, -0.05) is 48.5 Å². The molecule has 0 spiro atoms. The molecule has 4 aromatic rings. The molecule has 0 radical (unpaired) electrons. The van der Waals surface area contributed by atoms with Crippen molar-refractivity contribution in [1.29, 1.82) is 0 Å². The fraction of sp³-hybridized carbons (Fsp3) is 0.100. The number of rotatable bonds is 8. The first-order valence-corrected chi connectivity index (χ1v) is 11.6. The quantitative estimate of drug-likeness (QED) is 0.188. The number of imide groups is 1. The zero-order valence-corrected chi connectivity index (χ0v) is 20.0. The molecule has 184 valence electrons. The Kier molecular flexibility index (Phi) is 6.68. The highest BCUT2D eigenvalue weighted by molar-refractivity contribution is 6.21. The Morgan fingerprint density at radius 3 is 2.00 bits per heavy atom. The van der Waals surface area contributed by atoms with E-state index in [4.69, 9.17) is 14.2 Å². The SMILES string of the molecule is COc1ccc(CN2C(=O)c3ccccc3C2=O)cc1C(=O)Oc1ccc(OCc2ccccc2)cc1. The van der Waals surface area contributed by atoms with Crippen LogP contribution < -0.4 is 14.2 Å². The number of amides is 2. The van der Waals surface area contributed by atoms with E-state index in [1.807, 2.05) is 30.3 Å². The Bertz CT molecular complexity index is 1430. The van der Waals surface area contributed by atoms with Gasteiger partial charge in [0.05, 0.1) is 24.8 Å². The Morgan fingerprint density at radius 1 is 0.730 bits per heavy atom. The summed E-state index contributed by atoms with van der Waals surface area (Å²) in [4.78, 5) is 39.6. The summed E-state index contributed by atoms with van der Waals surface area (Å²) in [6.45, 7) is 0.446. The van der Waals surface area contributed by atoms with Crippen LogP contribution in [-0.2, 0) is 13.2 Å². The van der Waals surface area contributed by atoms with E-state index in [-0.39, 0.29) is 23.9 Å². The molecule has 7 heteroatoms. The van der Waals surface area contributed by atoms with Gasteiger partial charge < -0.3 is 14.2 Å². The summed E-state index contributed by atoms with van der Waals surface area (Å²) in [6, 6.07) is 28.1. The maximum absolute atomic E-state index is 13.0. The second-order valence-corrected chi connectivity index (χ2v) is 8.41. The molecular formula is C30H23NO6. The van der Waals surface area contributed by atoms with Gasteiger partial charge in [-0.3, -0.25) is 14.5 Å². The molecule has 0 fully saturated rings. The molecule has 0 atom stereocenters. The number of nitrogens with zero attached hydrogens (tertiary/aromatic N) is 1. The summed E-state index contributed by atoms with van der Waals surface area (Å²) in [5.74, 6) is -0.0581. The van der Waals surface area contributed by atoms with Gasteiger partial charge in [-0.25, -0.2) is 4.79 Å². The van der Waals surface area contributed by atoms with E-state index in [0.717, 1.165) is 10.5 Å². The Morgan fingerprint density at radius 2 is 1.35 bits per heavy atom. The summed E-state index contributed by atoms with van der Waals surface area (Å²) in [5, 5.41) is 0. The largest absolute Gasteiger partial charge is 0.496 e. The molecule has 0 aromatic heterocycles. The summed E-state index contributed by atoms with van der Waals surface area (Å²) in [7, 11) is 1.45. The van der Waals surface area contributed by atoms with Crippen LogP contribution in [0.15, 0.2) is 97.1 Å². The zero-order chi connectivity index (χ0) is 25.8. The standard InChI is InChI=1S/C30H23NO6/c1-35-27-16-11-21(18-31-28(32)24-9-5-6-10-25(24)29(31)33)17-26(27)30(34)37-23-14-12-22(13-15-23)36-19-20-7-3-2-4-8-20/h2-17H,18-19H2,1H3. The zero-order valence-electron chi connectivity index (χ0n) is 20.0. The van der Waals surface area contributed by atoms with Crippen LogP contribution in [0.4, 0.5) is 0 Å². The Hall–Kier alpha value is -4.91. The van der Waals surface area contributed by atoms with Crippen molar-refractivity contribution in [3.8, 4) is 17.2 Å². The normalized spacial score (nSPS) is 12.3. The van der Waals surface area contributed by atoms with Crippen LogP contribution in [0.25, 0.3) is 0 Å². The second kappa shape index (κ2) is 10.4. The monoisotopic (exact) mass is 493 g/mol. The van der Waals surface area contributed by atoms with Crippen LogP contribution in [0.1, 0.15) is 42.2 Å². The number of benzene rings is 4. The van der Waals surface area contributed by atoms with Crippen molar-refractivity contribution in [3.05, 3.63) is 125 Å². The lowest BCUT2D eigenvalue weighted by molar-refractivity contribution is 0.0642. The Labute approximate surface area is 213 Å². The molecule has 7 nitrogen and oxygen atoms in total. The van der Waals surface area contributed by atoms with Crippen molar-refractivity contribution in [2.24, 2.45) is 0 Å². The van der Waals surface area contributed by atoms with E-state index in [0.29, 0.717) is 40.5 Å². The van der Waals surface area contributed by atoms with E-state index in [9.17, 15) is 14.4 Å². The second-order valence-electron chi connectivity index (χ2n) is 8.41. The van der Waals surface area contributed by atoms with Gasteiger partial charge in [-0.2, -0.15) is 0 Å². The van der Waals surface area contributed by atoms with Crippen molar-refractivity contribution in [2.45, 2.75) is 13.2 Å². The van der Waals surface area contributed by atoms with E-state index < -0.39 is 5.97 Å². The molecule has 2 amide bonds. The van der Waals surface area contributed by atoms with Crippen LogP contribution in [-0.4, -0.2) is 29.8 Å². The van der Waals surface area contributed by atoms with Crippen LogP contribution in [0.2, 0.25) is 0 Å². The predicted molar refractivity (Wildman–Crippen MR) is 136 cm³/mol. The molecule has 4 aromatic carbocycles. The van der Waals surface area contributed by atoms with Gasteiger partial charge in [0, 0.05) is 0 Å². The summed E-state index contributed by atoms with van der Waals surface area (Å²) in [5.41, 5.74) is 2.56. The molecule has 0 bridgehead atoms. The van der Waals surface area contributed by atoms with Gasteiger partial charge in [0.25, 0.3) is 11.8 Å². The number of hydrogen-bond donors (Lipinski definition) is 0. The van der Waals surface area contributed by atoms with Crippen molar-refractivity contribution in [1.82, 2.24) is 4.90 Å². The highest BCUT2D eigenvalue weighted by atomic mass is 16.5. The number of ether oxygens (including phenoxy) is 3. The highest BCUT2D eigenvalue weighted by Crippen LogP contribution is 2.27. The minimum absolute atomic E-state index is 0.0179. The molecule has 37 heavy (non-hydrogen) atoms. The molecule has 5 rings (SSSR count). The van der Waals surface area contributed by atoms with Crippen LogP contribution >= 0.6 is 0 Å². The van der Waals surface area contributed by atoms with Gasteiger partial charge in [-0.15, -0.1) is 0 Å². The predicted octanol–water partition coefficient (Wildman–Crippen LogP) is 5.29. The van der Waals surface area contributed by atoms with Crippen molar-refractivity contribution in [2.75, 3.05) is 7.11 Å². The van der Waals surface area contributed by atoms with Gasteiger partial charge in [-0.05, 0) is 59.7 Å². The number of methoxy groups -OCH3 is 1. The molecule has 1 aliphatic rings. The fourth-order valence-electron chi connectivity index (χ4n) is 4.09. The van der Waals surface area contributed by atoms with E-state index in [2.05, 4.69) is 0 Å². The molecule has 0 aliphatic carbocycles. The number of hydrogen-bond acceptors (Lipinski definition) is 6. The summed E-state index contributed by atoms with van der Waals surface area (Å²) in [6.07, 6.45) is 0. The average Bonchev–Trinajstić information content (AvgIpc) is 3.18. The van der Waals surface area contributed by atoms with Crippen LogP contribution in [0.3, 0.4) is 0 Å². The van der Waals surface area contributed by atoms with Crippen LogP contribution in [0, 0.1) is 0 Å². The minimum Gasteiger partial charge on any atom is -0.496 e. The van der Waals surface area contributed by atoms with E-state index in [1.54, 1.807) is 66.7 Å². The van der Waals surface area contributed by atoms with Gasteiger partial charge in [0.2, 0.25) is 0 Å². The molecule has 1 aliphatic heterocycles. The first-order chi connectivity index (χ1) is 18.0. The maximum atomic E-state index is 13.0. The van der Waals surface area contributed by atoms with Crippen molar-refractivity contribution in [3.63, 3.8) is 0 Å². The third-order valence-corrected chi connectivity index (χ3v) is 5.99. The molecule has 0 saturated carbocycles. The Balaban J connectivity index is 1.27. The maximum Gasteiger partial charge on any atom is 0.347 e. The number of esters is 1. The van der Waals surface area contributed by atoms with Gasteiger partial charge >= 0.3 is 5.97 Å². The highest BCUT2D eigenvalue weighted by Gasteiger charge is 2.35. The van der Waals surface area contributed by atoms with Gasteiger partial charge in [0.15, 0.2) is 0 Å². The molecule has 1 heterocycles. The van der Waals surface area contributed by atoms with E-state index >= 15 is 0 Å². The summed E-state index contributed by atoms with van der Waals surface area (Å²) >= 11 is 0. The lowest BCUT2D eigenvalue weighted by atomic mass is 10.1. The third kappa shape index (κ3) is 5.06. The molecular weight excluding hydrogens is 470 g/mol. The molecule has 0 unspecified atom stereocenters. The third-order valence-electron chi connectivity index (χ3n) is 5.99. The van der Waals surface area contributed by atoms with Crippen LogP contribution in [0.5, 0.6) is 17.2 Å². The number of carbonyl (C=O) groups excluding carboxylic acids is 3. The first-order valence-electron chi connectivity index (χ1n) is 11.6. The minimum atomic E-state index is -0.626. The first kappa shape index (κ1) is 23.8. The summed E-state index contributed by atoms with van der Waals surface area (Å²) < 4.78 is 16.7. The van der Waals surface area contributed by atoms with Gasteiger partial charge in [0.1, 0.15) is 29.4 Å². The molecule has 0 N–H and O–H groups in total. The fourth-order valence-corrected chi connectivity index (χ4v) is 4.09. The smallest absolute Gasteiger partial charge is 0.347 e. The average molecular weight is 494 g/mol.